The maximum absolute atomic E-state index is 12.9. The van der Waals surface area contributed by atoms with Crippen molar-refractivity contribution in [3.8, 4) is 0 Å². The van der Waals surface area contributed by atoms with E-state index in [-0.39, 0.29) is 24.1 Å². The number of rotatable bonds is 5. The highest BCUT2D eigenvalue weighted by molar-refractivity contribution is 6.30. The van der Waals surface area contributed by atoms with Gasteiger partial charge in [0.2, 0.25) is 11.8 Å². The van der Waals surface area contributed by atoms with E-state index in [0.717, 1.165) is 11.3 Å². The molecule has 1 aliphatic heterocycles. The van der Waals surface area contributed by atoms with E-state index in [4.69, 9.17) is 11.6 Å². The molecule has 3 amide bonds. The van der Waals surface area contributed by atoms with Crippen molar-refractivity contribution in [1.82, 2.24) is 0 Å². The summed E-state index contributed by atoms with van der Waals surface area (Å²) in [5.74, 6) is -1.24. The van der Waals surface area contributed by atoms with E-state index in [1.807, 2.05) is 31.2 Å². The number of benzene rings is 3. The maximum Gasteiger partial charge on any atom is 0.257 e. The number of carbonyl (C=O) groups excluding carboxylic acids is 3. The van der Waals surface area contributed by atoms with Gasteiger partial charge in [-0.05, 0) is 55.5 Å². The average Bonchev–Trinajstić information content (AvgIpc) is 3.18. The second-order valence-corrected chi connectivity index (χ2v) is 8.17. The van der Waals surface area contributed by atoms with Crippen LogP contribution < -0.4 is 15.5 Å². The summed E-state index contributed by atoms with van der Waals surface area (Å²) in [5.41, 5.74) is 3.19. The quantitative estimate of drug-likeness (QED) is 0.584. The Hall–Kier alpha value is -3.64. The zero-order chi connectivity index (χ0) is 22.7. The van der Waals surface area contributed by atoms with Gasteiger partial charge >= 0.3 is 0 Å². The van der Waals surface area contributed by atoms with E-state index in [1.54, 1.807) is 53.4 Å². The number of para-hydroxylation sites is 1. The van der Waals surface area contributed by atoms with Gasteiger partial charge in [-0.15, -0.1) is 0 Å². The van der Waals surface area contributed by atoms with Gasteiger partial charge in [-0.1, -0.05) is 41.4 Å². The normalized spacial score (nSPS) is 15.5. The van der Waals surface area contributed by atoms with Crippen molar-refractivity contribution in [2.45, 2.75) is 13.3 Å². The molecular weight excluding hydrogens is 426 g/mol. The number of aryl methyl sites for hydroxylation is 1. The van der Waals surface area contributed by atoms with E-state index in [0.29, 0.717) is 28.5 Å². The van der Waals surface area contributed by atoms with Crippen molar-refractivity contribution in [1.29, 1.82) is 0 Å². The second kappa shape index (κ2) is 9.24. The molecular formula is C25H22ClN3O3. The Bertz CT molecular complexity index is 1160. The minimum absolute atomic E-state index is 0.0947. The lowest BCUT2D eigenvalue weighted by Gasteiger charge is -2.17. The molecule has 0 bridgehead atoms. The molecule has 6 nitrogen and oxygen atoms in total. The van der Waals surface area contributed by atoms with Crippen molar-refractivity contribution in [3.63, 3.8) is 0 Å². The van der Waals surface area contributed by atoms with Gasteiger partial charge in [0.15, 0.2) is 0 Å². The molecule has 3 aromatic rings. The van der Waals surface area contributed by atoms with Crippen LogP contribution in [0, 0.1) is 12.8 Å². The molecule has 3 aromatic carbocycles. The number of nitrogens with zero attached hydrogens (tertiary/aromatic N) is 1. The summed E-state index contributed by atoms with van der Waals surface area (Å²) in [7, 11) is 0. The lowest BCUT2D eigenvalue weighted by Crippen LogP contribution is -2.28. The van der Waals surface area contributed by atoms with Gasteiger partial charge in [0.05, 0.1) is 17.2 Å². The predicted octanol–water partition coefficient (Wildman–Crippen LogP) is 4.89. The van der Waals surface area contributed by atoms with Crippen molar-refractivity contribution < 1.29 is 14.4 Å². The number of hydrogen-bond donors (Lipinski definition) is 2. The van der Waals surface area contributed by atoms with Crippen LogP contribution in [-0.4, -0.2) is 24.3 Å². The molecule has 0 aromatic heterocycles. The molecule has 32 heavy (non-hydrogen) atoms. The number of carbonyl (C=O) groups is 3. The molecule has 162 valence electrons. The van der Waals surface area contributed by atoms with Gasteiger partial charge in [0.25, 0.3) is 5.91 Å². The summed E-state index contributed by atoms with van der Waals surface area (Å²) in [6.45, 7) is 2.28. The van der Waals surface area contributed by atoms with Crippen molar-refractivity contribution in [3.05, 3.63) is 88.9 Å². The molecule has 4 rings (SSSR count). The van der Waals surface area contributed by atoms with Gasteiger partial charge in [-0.25, -0.2) is 0 Å². The van der Waals surface area contributed by atoms with Gasteiger partial charge in [-0.2, -0.15) is 0 Å². The highest BCUT2D eigenvalue weighted by atomic mass is 35.5. The Kier molecular flexibility index (Phi) is 6.23. The molecule has 0 saturated carbocycles. The second-order valence-electron chi connectivity index (χ2n) is 7.74. The van der Waals surface area contributed by atoms with Crippen LogP contribution in [0.25, 0.3) is 0 Å². The molecule has 0 aliphatic carbocycles. The Morgan fingerprint density at radius 2 is 1.62 bits per heavy atom. The maximum atomic E-state index is 12.9. The Morgan fingerprint density at radius 3 is 2.34 bits per heavy atom. The molecule has 1 atom stereocenters. The van der Waals surface area contributed by atoms with Gasteiger partial charge < -0.3 is 15.5 Å². The number of anilines is 3. The fraction of sp³-hybridized carbons (Fsp3) is 0.160. The number of halogens is 1. The highest BCUT2D eigenvalue weighted by Gasteiger charge is 2.35. The monoisotopic (exact) mass is 447 g/mol. The smallest absolute Gasteiger partial charge is 0.257 e. The minimum Gasteiger partial charge on any atom is -0.325 e. The van der Waals surface area contributed by atoms with E-state index < -0.39 is 5.92 Å². The third kappa shape index (κ3) is 4.81. The number of amides is 3. The fourth-order valence-electron chi connectivity index (χ4n) is 3.61. The molecule has 1 heterocycles. The van der Waals surface area contributed by atoms with Gasteiger partial charge in [-0.3, -0.25) is 14.4 Å². The predicted molar refractivity (Wildman–Crippen MR) is 126 cm³/mol. The SMILES string of the molecule is Cc1ccc(N2C[C@@H](C(=O)Nc3ccccc3C(=O)Nc3ccc(Cl)cc3)CC2=O)cc1. The lowest BCUT2D eigenvalue weighted by molar-refractivity contribution is -0.122. The van der Waals surface area contributed by atoms with E-state index in [1.165, 1.54) is 0 Å². The van der Waals surface area contributed by atoms with Crippen molar-refractivity contribution >= 4 is 46.4 Å². The van der Waals surface area contributed by atoms with Crippen LogP contribution in [0.4, 0.5) is 17.1 Å². The Balaban J connectivity index is 1.46. The number of hydrogen-bond acceptors (Lipinski definition) is 3. The minimum atomic E-state index is -0.504. The average molecular weight is 448 g/mol. The lowest BCUT2D eigenvalue weighted by atomic mass is 10.1. The van der Waals surface area contributed by atoms with Crippen molar-refractivity contribution in [2.24, 2.45) is 5.92 Å². The summed E-state index contributed by atoms with van der Waals surface area (Å²) in [4.78, 5) is 39.8. The van der Waals surface area contributed by atoms with E-state index in [2.05, 4.69) is 10.6 Å². The molecule has 0 radical (unpaired) electrons. The van der Waals surface area contributed by atoms with Crippen molar-refractivity contribution in [2.75, 3.05) is 22.1 Å². The van der Waals surface area contributed by atoms with E-state index in [9.17, 15) is 14.4 Å². The molecule has 1 aliphatic rings. The molecule has 0 unspecified atom stereocenters. The first kappa shape index (κ1) is 21.6. The third-order valence-corrected chi connectivity index (χ3v) is 5.63. The van der Waals surface area contributed by atoms with Gasteiger partial charge in [0.1, 0.15) is 0 Å². The fourth-order valence-corrected chi connectivity index (χ4v) is 3.74. The first-order chi connectivity index (χ1) is 15.4. The standard InChI is InChI=1S/C25H22ClN3O3/c1-16-6-12-20(13-7-16)29-15-17(14-23(29)30)24(31)28-22-5-3-2-4-21(22)25(32)27-19-10-8-18(26)9-11-19/h2-13,17H,14-15H2,1H3,(H,27,32)(H,28,31)/t17-/m0/s1. The molecule has 1 saturated heterocycles. The Morgan fingerprint density at radius 1 is 0.938 bits per heavy atom. The highest BCUT2D eigenvalue weighted by Crippen LogP contribution is 2.27. The summed E-state index contributed by atoms with van der Waals surface area (Å²) in [6.07, 6.45) is 0.124. The van der Waals surface area contributed by atoms with Crippen LogP contribution in [0.5, 0.6) is 0 Å². The van der Waals surface area contributed by atoms with E-state index >= 15 is 0 Å². The largest absolute Gasteiger partial charge is 0.325 e. The van der Waals surface area contributed by atoms with Crippen LogP contribution in [0.3, 0.4) is 0 Å². The topological polar surface area (TPSA) is 78.5 Å². The zero-order valence-electron chi connectivity index (χ0n) is 17.5. The summed E-state index contributed by atoms with van der Waals surface area (Å²) >= 11 is 5.89. The molecule has 2 N–H and O–H groups in total. The summed E-state index contributed by atoms with van der Waals surface area (Å²) in [6, 6.07) is 21.2. The van der Waals surface area contributed by atoms with Crippen LogP contribution in [0.2, 0.25) is 5.02 Å². The van der Waals surface area contributed by atoms with Crippen LogP contribution in [-0.2, 0) is 9.59 Å². The first-order valence-electron chi connectivity index (χ1n) is 10.2. The first-order valence-corrected chi connectivity index (χ1v) is 10.6. The third-order valence-electron chi connectivity index (χ3n) is 5.37. The summed E-state index contributed by atoms with van der Waals surface area (Å²) in [5, 5.41) is 6.20. The molecule has 7 heteroatoms. The van der Waals surface area contributed by atoms with Gasteiger partial charge in [0, 0.05) is 29.4 Å². The summed E-state index contributed by atoms with van der Waals surface area (Å²) < 4.78 is 0. The molecule has 0 spiro atoms. The zero-order valence-corrected chi connectivity index (χ0v) is 18.2. The molecule has 1 fully saturated rings. The van der Waals surface area contributed by atoms with Crippen LogP contribution in [0.1, 0.15) is 22.3 Å². The Labute approximate surface area is 191 Å². The number of nitrogens with one attached hydrogen (secondary N) is 2. The van der Waals surface area contributed by atoms with Crippen LogP contribution >= 0.6 is 11.6 Å². The van der Waals surface area contributed by atoms with Crippen LogP contribution in [0.15, 0.2) is 72.8 Å².